The third-order valence-corrected chi connectivity index (χ3v) is 5.84. The van der Waals surface area contributed by atoms with Crippen molar-refractivity contribution >= 4 is 40.0 Å². The number of anilines is 1. The normalized spacial score (nSPS) is 19.7. The molecule has 1 atom stereocenters. The predicted molar refractivity (Wildman–Crippen MR) is 97.3 cm³/mol. The van der Waals surface area contributed by atoms with Gasteiger partial charge in [-0.2, -0.15) is 0 Å². The number of thiophene rings is 1. The van der Waals surface area contributed by atoms with Gasteiger partial charge in [0.1, 0.15) is 0 Å². The monoisotopic (exact) mass is 354 g/mol. The fraction of sp³-hybridized carbons (Fsp3) is 0.600. The Hall–Kier alpha value is -0.760. The summed E-state index contributed by atoms with van der Waals surface area (Å²) in [4.78, 5) is 3.94. The highest BCUT2D eigenvalue weighted by Crippen LogP contribution is 2.35. The van der Waals surface area contributed by atoms with Gasteiger partial charge in [-0.05, 0) is 57.3 Å². The molecule has 2 aromatic heterocycles. The lowest BCUT2D eigenvalue weighted by Crippen LogP contribution is -2.28. The summed E-state index contributed by atoms with van der Waals surface area (Å²) in [6.45, 7) is 8.30. The number of aromatic nitrogens is 2. The summed E-state index contributed by atoms with van der Waals surface area (Å²) >= 11 is 8.89. The maximum Gasteiger partial charge on any atom is 0.205 e. The highest BCUT2D eigenvalue weighted by Gasteiger charge is 2.27. The Labute approximate surface area is 144 Å². The van der Waals surface area contributed by atoms with E-state index in [1.165, 1.54) is 17.7 Å². The average Bonchev–Trinajstić information content (AvgIpc) is 3.10. The van der Waals surface area contributed by atoms with Crippen LogP contribution in [0.15, 0.2) is 17.5 Å². The second-order valence-electron chi connectivity index (χ2n) is 6.67. The fourth-order valence-corrected chi connectivity index (χ4v) is 4.83. The Balaban J connectivity index is 1.74. The SMILES string of the molecule is CC(C)(C)Nc1nn(CN2CCCC2c2cccs2)c(=S)s1. The maximum absolute atomic E-state index is 5.49. The minimum Gasteiger partial charge on any atom is -0.356 e. The van der Waals surface area contributed by atoms with E-state index in [1.54, 1.807) is 11.3 Å². The molecule has 2 aromatic rings. The second kappa shape index (κ2) is 6.39. The zero-order valence-corrected chi connectivity index (χ0v) is 15.7. The van der Waals surface area contributed by atoms with Crippen LogP contribution in [-0.2, 0) is 6.67 Å². The van der Waals surface area contributed by atoms with Gasteiger partial charge in [0.15, 0.2) is 3.95 Å². The van der Waals surface area contributed by atoms with Crippen molar-refractivity contribution in [2.24, 2.45) is 0 Å². The molecule has 4 nitrogen and oxygen atoms in total. The lowest BCUT2D eigenvalue weighted by Gasteiger charge is -2.23. The highest BCUT2D eigenvalue weighted by atomic mass is 32.1. The standard InChI is InChI=1S/C15H22N4S3/c1-15(2,3)16-13-17-19(14(20)22-13)10-18-8-4-6-11(18)12-7-5-9-21-12/h5,7,9,11H,4,6,8,10H2,1-3H3,(H,16,17). The van der Waals surface area contributed by atoms with E-state index in [-0.39, 0.29) is 5.54 Å². The first-order chi connectivity index (χ1) is 10.4. The first kappa shape index (κ1) is 16.1. The lowest BCUT2D eigenvalue weighted by molar-refractivity contribution is 0.193. The van der Waals surface area contributed by atoms with E-state index in [9.17, 15) is 0 Å². The first-order valence-corrected chi connectivity index (χ1v) is 9.66. The van der Waals surface area contributed by atoms with Crippen LogP contribution in [0.25, 0.3) is 0 Å². The summed E-state index contributed by atoms with van der Waals surface area (Å²) in [5.74, 6) is 0. The molecule has 0 spiro atoms. The second-order valence-corrected chi connectivity index (χ2v) is 9.28. The third kappa shape index (κ3) is 3.76. The molecule has 22 heavy (non-hydrogen) atoms. The summed E-state index contributed by atoms with van der Waals surface area (Å²) < 4.78 is 2.79. The molecule has 0 amide bonds. The number of nitrogens with one attached hydrogen (secondary N) is 1. The van der Waals surface area contributed by atoms with E-state index < -0.39 is 0 Å². The van der Waals surface area contributed by atoms with E-state index in [1.807, 2.05) is 16.0 Å². The van der Waals surface area contributed by atoms with Crippen LogP contribution in [0.1, 0.15) is 44.5 Å². The number of nitrogens with zero attached hydrogens (tertiary/aromatic N) is 3. The topological polar surface area (TPSA) is 33.1 Å². The van der Waals surface area contributed by atoms with E-state index in [0.717, 1.165) is 22.3 Å². The van der Waals surface area contributed by atoms with Crippen molar-refractivity contribution in [3.63, 3.8) is 0 Å². The van der Waals surface area contributed by atoms with Crippen LogP contribution >= 0.6 is 34.9 Å². The van der Waals surface area contributed by atoms with Crippen LogP contribution in [0.5, 0.6) is 0 Å². The van der Waals surface area contributed by atoms with Gasteiger partial charge in [-0.3, -0.25) is 4.90 Å². The van der Waals surface area contributed by atoms with E-state index in [4.69, 9.17) is 12.2 Å². The Morgan fingerprint density at radius 3 is 2.95 bits per heavy atom. The molecule has 0 radical (unpaired) electrons. The van der Waals surface area contributed by atoms with Crippen LogP contribution in [-0.4, -0.2) is 26.8 Å². The molecule has 0 aliphatic carbocycles. The molecule has 0 saturated carbocycles. The Morgan fingerprint density at radius 2 is 2.27 bits per heavy atom. The van der Waals surface area contributed by atoms with Crippen molar-refractivity contribution in [3.05, 3.63) is 26.3 Å². The lowest BCUT2D eigenvalue weighted by atomic mass is 10.1. The Morgan fingerprint density at radius 1 is 1.45 bits per heavy atom. The molecule has 1 aliphatic rings. The number of rotatable bonds is 4. The summed E-state index contributed by atoms with van der Waals surface area (Å²) in [5, 5.41) is 11.1. The minimum atomic E-state index is 0.00457. The van der Waals surface area contributed by atoms with Crippen molar-refractivity contribution in [1.29, 1.82) is 0 Å². The molecule has 1 fully saturated rings. The molecular weight excluding hydrogens is 332 g/mol. The molecule has 1 saturated heterocycles. The number of hydrogen-bond donors (Lipinski definition) is 1. The Kier molecular flexibility index (Phi) is 4.68. The van der Waals surface area contributed by atoms with Gasteiger partial charge in [0.25, 0.3) is 0 Å². The Bertz CT molecular complexity index is 666. The average molecular weight is 355 g/mol. The molecule has 1 aliphatic heterocycles. The summed E-state index contributed by atoms with van der Waals surface area (Å²) in [7, 11) is 0. The minimum absolute atomic E-state index is 0.00457. The third-order valence-electron chi connectivity index (χ3n) is 3.64. The largest absolute Gasteiger partial charge is 0.356 e. The molecule has 0 aromatic carbocycles. The van der Waals surface area contributed by atoms with Crippen LogP contribution in [0.4, 0.5) is 5.13 Å². The molecule has 3 rings (SSSR count). The van der Waals surface area contributed by atoms with Crippen LogP contribution in [0.3, 0.4) is 0 Å². The summed E-state index contributed by atoms with van der Waals surface area (Å²) in [5.41, 5.74) is 0.00457. The number of likely N-dealkylation sites (tertiary alicyclic amines) is 1. The van der Waals surface area contributed by atoms with Crippen molar-refractivity contribution in [2.45, 2.75) is 51.9 Å². The van der Waals surface area contributed by atoms with Gasteiger partial charge < -0.3 is 5.32 Å². The van der Waals surface area contributed by atoms with Gasteiger partial charge in [0.2, 0.25) is 5.13 Å². The molecule has 7 heteroatoms. The van der Waals surface area contributed by atoms with Gasteiger partial charge >= 0.3 is 0 Å². The smallest absolute Gasteiger partial charge is 0.205 e. The maximum atomic E-state index is 5.49. The van der Waals surface area contributed by atoms with Crippen molar-refractivity contribution in [3.8, 4) is 0 Å². The molecule has 1 N–H and O–H groups in total. The van der Waals surface area contributed by atoms with Gasteiger partial charge in [0, 0.05) is 23.0 Å². The quantitative estimate of drug-likeness (QED) is 0.804. The van der Waals surface area contributed by atoms with E-state index in [0.29, 0.717) is 6.04 Å². The molecule has 3 heterocycles. The molecule has 120 valence electrons. The zero-order chi connectivity index (χ0) is 15.7. The van der Waals surface area contributed by atoms with Crippen molar-refractivity contribution < 1.29 is 0 Å². The van der Waals surface area contributed by atoms with Gasteiger partial charge in [-0.1, -0.05) is 17.4 Å². The predicted octanol–water partition coefficient (Wildman–Crippen LogP) is 4.74. The van der Waals surface area contributed by atoms with Crippen LogP contribution < -0.4 is 5.32 Å². The van der Waals surface area contributed by atoms with Crippen LogP contribution in [0.2, 0.25) is 0 Å². The number of hydrogen-bond acceptors (Lipinski definition) is 6. The summed E-state index contributed by atoms with van der Waals surface area (Å²) in [6, 6.07) is 4.89. The zero-order valence-electron chi connectivity index (χ0n) is 13.2. The highest BCUT2D eigenvalue weighted by molar-refractivity contribution is 7.73. The molecule has 0 bridgehead atoms. The molecule has 1 unspecified atom stereocenters. The van der Waals surface area contributed by atoms with Gasteiger partial charge in [0.05, 0.1) is 6.67 Å². The van der Waals surface area contributed by atoms with Gasteiger partial charge in [-0.15, -0.1) is 16.4 Å². The van der Waals surface area contributed by atoms with E-state index in [2.05, 4.69) is 53.6 Å². The van der Waals surface area contributed by atoms with Crippen molar-refractivity contribution in [1.82, 2.24) is 14.7 Å². The fourth-order valence-electron chi connectivity index (χ4n) is 2.74. The first-order valence-electron chi connectivity index (χ1n) is 7.56. The summed E-state index contributed by atoms with van der Waals surface area (Å²) in [6.07, 6.45) is 2.47. The van der Waals surface area contributed by atoms with Crippen molar-refractivity contribution in [2.75, 3.05) is 11.9 Å². The van der Waals surface area contributed by atoms with E-state index >= 15 is 0 Å². The van der Waals surface area contributed by atoms with Crippen LogP contribution in [0, 0.1) is 3.95 Å². The van der Waals surface area contributed by atoms with Gasteiger partial charge in [-0.25, -0.2) is 4.68 Å². The molecular formula is C15H22N4S3.